The van der Waals surface area contributed by atoms with Gasteiger partial charge in [0.25, 0.3) is 0 Å². The normalized spacial score (nSPS) is 8.92. The Bertz CT molecular complexity index is 335. The van der Waals surface area contributed by atoms with E-state index in [9.17, 15) is 39.6 Å². The quantitative estimate of drug-likeness (QED) is 0.295. The third-order valence-corrected chi connectivity index (χ3v) is 2.14. The van der Waals surface area contributed by atoms with Crippen LogP contribution in [0.2, 0.25) is 0 Å². The fourth-order valence-electron chi connectivity index (χ4n) is 1.44. The molecule has 0 saturated carbocycles. The van der Waals surface area contributed by atoms with Gasteiger partial charge in [-0.3, -0.25) is 9.80 Å². The van der Waals surface area contributed by atoms with E-state index in [0.717, 1.165) is 9.80 Å². The molecule has 0 aliphatic rings. The zero-order chi connectivity index (χ0) is 15.7. The van der Waals surface area contributed by atoms with Crippen molar-refractivity contribution in [3.05, 3.63) is 0 Å². The molecule has 0 bridgehead atoms. The van der Waals surface area contributed by atoms with Gasteiger partial charge in [0.1, 0.15) is 0 Å². The molecule has 0 spiro atoms. The van der Waals surface area contributed by atoms with Gasteiger partial charge in [0.05, 0.1) is 23.9 Å². The fraction of sp³-hybridized carbons (Fsp3) is 0.600. The molecule has 0 saturated heterocycles. The molecular formula is C10H14Ca2N2Na2O8. The van der Waals surface area contributed by atoms with Crippen molar-refractivity contribution in [2.45, 2.75) is 0 Å². The maximum absolute atomic E-state index is 10.4. The van der Waals surface area contributed by atoms with Gasteiger partial charge in [-0.05, 0) is 0 Å². The molecule has 0 atom stereocenters. The summed E-state index contributed by atoms with van der Waals surface area (Å²) >= 11 is 0. The molecule has 0 aromatic heterocycles. The Morgan fingerprint density at radius 2 is 0.708 bits per heavy atom. The first-order chi connectivity index (χ1) is 9.20. The number of nitrogens with zero attached hydrogens (tertiary/aromatic N) is 2. The molecule has 0 fully saturated rings. The van der Waals surface area contributed by atoms with Crippen molar-refractivity contribution >= 4 is 158 Å². The summed E-state index contributed by atoms with van der Waals surface area (Å²) in [6.07, 6.45) is 0. The van der Waals surface area contributed by atoms with E-state index < -0.39 is 50.1 Å². The Morgan fingerprint density at radius 3 is 0.833 bits per heavy atom. The molecule has 0 N–H and O–H groups in total. The summed E-state index contributed by atoms with van der Waals surface area (Å²) in [6, 6.07) is 0. The molecule has 0 aromatic carbocycles. The first-order valence-corrected chi connectivity index (χ1v) is 5.44. The van der Waals surface area contributed by atoms with Crippen LogP contribution >= 0.6 is 0 Å². The molecular weight excluding hydrogens is 402 g/mol. The number of carboxylic acid groups (broad SMARTS) is 4. The summed E-state index contributed by atoms with van der Waals surface area (Å²) in [5.74, 6) is -6.12. The Kier molecular flexibility index (Phi) is 33.4. The maximum atomic E-state index is 10.4. The van der Waals surface area contributed by atoms with Gasteiger partial charge in [-0.2, -0.15) is 0 Å². The second-order valence-electron chi connectivity index (χ2n) is 3.91. The van der Waals surface area contributed by atoms with Gasteiger partial charge < -0.3 is 39.6 Å². The van der Waals surface area contributed by atoms with Gasteiger partial charge in [0, 0.05) is 39.3 Å². The monoisotopic (exact) mass is 416 g/mol. The van der Waals surface area contributed by atoms with Crippen molar-refractivity contribution in [2.75, 3.05) is 39.3 Å². The molecule has 24 heavy (non-hydrogen) atoms. The zero-order valence-corrected chi connectivity index (χ0v) is 16.2. The molecule has 10 nitrogen and oxygen atoms in total. The first kappa shape index (κ1) is 37.1. The van der Waals surface area contributed by atoms with Crippen molar-refractivity contribution in [3.63, 3.8) is 0 Å². The summed E-state index contributed by atoms with van der Waals surface area (Å²) in [6.45, 7) is -3.25. The summed E-state index contributed by atoms with van der Waals surface area (Å²) in [4.78, 5) is 43.4. The van der Waals surface area contributed by atoms with Crippen LogP contribution in [0.15, 0.2) is 0 Å². The van der Waals surface area contributed by atoms with Crippen LogP contribution in [0, 0.1) is 0 Å². The third-order valence-electron chi connectivity index (χ3n) is 2.14. The molecule has 118 valence electrons. The molecule has 0 amide bonds. The van der Waals surface area contributed by atoms with E-state index in [-0.39, 0.29) is 148 Å². The fourth-order valence-corrected chi connectivity index (χ4v) is 1.44. The Balaban J connectivity index is -0.000000301. The summed E-state index contributed by atoms with van der Waals surface area (Å²) in [7, 11) is 0. The van der Waals surface area contributed by atoms with Gasteiger partial charge >= 0.3 is 135 Å². The molecule has 0 aliphatic carbocycles. The van der Waals surface area contributed by atoms with Gasteiger partial charge in [-0.25, -0.2) is 0 Å². The van der Waals surface area contributed by atoms with Crippen LogP contribution in [0.25, 0.3) is 0 Å². The Morgan fingerprint density at radius 1 is 0.542 bits per heavy atom. The standard InChI is InChI=1S/C10H16N2O8.2Ca.2Na.2H/c13-7(14)3-11(4-8(15)16)1-2-12(5-9(17)18)6-10(19)20;;;;;;/h1-6H2,(H,13,14)(H,15,16)(H,17,18)(H,19,20);;;;;;/q;2*+2;;;;/p-4. The predicted octanol–water partition coefficient (Wildman–Crippen LogP) is -9.47. The number of carboxylic acids is 4. The van der Waals surface area contributed by atoms with E-state index in [1.165, 1.54) is 0 Å². The van der Waals surface area contributed by atoms with E-state index >= 15 is 0 Å². The van der Waals surface area contributed by atoms with Crippen LogP contribution in [0.4, 0.5) is 0 Å². The van der Waals surface area contributed by atoms with E-state index in [0.29, 0.717) is 0 Å². The van der Waals surface area contributed by atoms with E-state index in [4.69, 9.17) is 0 Å². The van der Waals surface area contributed by atoms with Crippen molar-refractivity contribution in [3.8, 4) is 0 Å². The number of hydrogen-bond donors (Lipinski definition) is 0. The number of carbonyl (C=O) groups is 4. The van der Waals surface area contributed by atoms with E-state index in [1.807, 2.05) is 0 Å². The zero-order valence-electron chi connectivity index (χ0n) is 11.8. The Labute approximate surface area is 242 Å². The molecule has 0 unspecified atom stereocenters. The Hall–Kier alpha value is 2.32. The average molecular weight is 416 g/mol. The minimum atomic E-state index is -1.53. The topological polar surface area (TPSA) is 167 Å². The SMILES string of the molecule is O=C([O-])CN(CCN(CC(=O)[O-])CC(=O)[O-])CC(=O)[O-].[Ca+2].[Ca+2].[NaH].[NaH]. The summed E-state index contributed by atoms with van der Waals surface area (Å²) in [5.41, 5.74) is 0. The minimum absolute atomic E-state index is 0. The van der Waals surface area contributed by atoms with Crippen LogP contribution in [0.5, 0.6) is 0 Å². The molecule has 14 heteroatoms. The predicted molar refractivity (Wildman–Crippen MR) is 78.7 cm³/mol. The van der Waals surface area contributed by atoms with Crippen LogP contribution in [-0.4, -0.2) is 208 Å². The molecule has 0 aromatic rings. The number of carbonyl (C=O) groups excluding carboxylic acids is 4. The van der Waals surface area contributed by atoms with Crippen LogP contribution in [0.3, 0.4) is 0 Å². The summed E-state index contributed by atoms with van der Waals surface area (Å²) in [5, 5.41) is 41.6. The van der Waals surface area contributed by atoms with Crippen molar-refractivity contribution in [2.24, 2.45) is 0 Å². The van der Waals surface area contributed by atoms with Crippen molar-refractivity contribution in [1.82, 2.24) is 9.80 Å². The van der Waals surface area contributed by atoms with Gasteiger partial charge in [0.15, 0.2) is 0 Å². The van der Waals surface area contributed by atoms with Crippen LogP contribution in [0.1, 0.15) is 0 Å². The average Bonchev–Trinajstić information content (AvgIpc) is 2.22. The van der Waals surface area contributed by atoms with Crippen molar-refractivity contribution < 1.29 is 39.6 Å². The van der Waals surface area contributed by atoms with Gasteiger partial charge in [0.2, 0.25) is 0 Å². The number of hydrogen-bond acceptors (Lipinski definition) is 10. The second kappa shape index (κ2) is 21.6. The van der Waals surface area contributed by atoms with Gasteiger partial charge in [-0.15, -0.1) is 0 Å². The number of rotatable bonds is 11. The van der Waals surface area contributed by atoms with Crippen LogP contribution in [-0.2, 0) is 19.2 Å². The molecule has 0 heterocycles. The van der Waals surface area contributed by atoms with E-state index in [2.05, 4.69) is 0 Å². The molecule has 0 aliphatic heterocycles. The third kappa shape index (κ3) is 24.3. The second-order valence-corrected chi connectivity index (χ2v) is 3.91. The van der Waals surface area contributed by atoms with E-state index in [1.54, 1.807) is 0 Å². The molecule has 0 rings (SSSR count). The first-order valence-electron chi connectivity index (χ1n) is 5.44. The summed E-state index contributed by atoms with van der Waals surface area (Å²) < 4.78 is 0. The van der Waals surface area contributed by atoms with Crippen molar-refractivity contribution in [1.29, 1.82) is 0 Å². The van der Waals surface area contributed by atoms with Crippen LogP contribution < -0.4 is 20.4 Å². The number of aliphatic carboxylic acids is 4. The van der Waals surface area contributed by atoms with Gasteiger partial charge in [-0.1, -0.05) is 0 Å². The molecule has 0 radical (unpaired) electrons.